The SMILES string of the molecule is O=S1(=O)CCC(NCCNC2CCS(=O)(=O)C2)C1. The first-order valence-corrected chi connectivity index (χ1v) is 9.88. The molecule has 2 heterocycles. The Balaban J connectivity index is 1.60. The summed E-state index contributed by atoms with van der Waals surface area (Å²) in [5.41, 5.74) is 0. The van der Waals surface area contributed by atoms with Crippen molar-refractivity contribution >= 4 is 19.7 Å². The summed E-state index contributed by atoms with van der Waals surface area (Å²) in [5, 5.41) is 6.38. The van der Waals surface area contributed by atoms with Crippen molar-refractivity contribution in [3.05, 3.63) is 0 Å². The van der Waals surface area contributed by atoms with Gasteiger partial charge in [0.25, 0.3) is 0 Å². The summed E-state index contributed by atoms with van der Waals surface area (Å²) < 4.78 is 44.9. The molecule has 18 heavy (non-hydrogen) atoms. The minimum absolute atomic E-state index is 0.0594. The van der Waals surface area contributed by atoms with E-state index < -0.39 is 19.7 Å². The molecule has 2 aliphatic heterocycles. The zero-order chi connectivity index (χ0) is 13.2. The molecule has 2 aliphatic rings. The zero-order valence-electron chi connectivity index (χ0n) is 10.3. The van der Waals surface area contributed by atoms with Gasteiger partial charge in [0, 0.05) is 25.2 Å². The Bertz CT molecular complexity index is 440. The van der Waals surface area contributed by atoms with E-state index in [9.17, 15) is 16.8 Å². The highest BCUT2D eigenvalue weighted by Crippen LogP contribution is 2.12. The van der Waals surface area contributed by atoms with Gasteiger partial charge < -0.3 is 10.6 Å². The molecule has 2 saturated heterocycles. The molecule has 0 saturated carbocycles. The molecule has 0 amide bonds. The summed E-state index contributed by atoms with van der Waals surface area (Å²) in [6.07, 6.45) is 1.36. The van der Waals surface area contributed by atoms with Gasteiger partial charge in [-0.1, -0.05) is 0 Å². The molecule has 0 spiro atoms. The average Bonchev–Trinajstić information content (AvgIpc) is 2.76. The van der Waals surface area contributed by atoms with E-state index in [-0.39, 0.29) is 35.1 Å². The van der Waals surface area contributed by atoms with E-state index in [0.717, 1.165) is 0 Å². The molecular weight excluding hydrogens is 276 g/mol. The second-order valence-corrected chi connectivity index (χ2v) is 9.57. The molecular formula is C10H20N2O4S2. The Hall–Kier alpha value is -0.180. The topological polar surface area (TPSA) is 92.3 Å². The minimum atomic E-state index is -2.83. The maximum absolute atomic E-state index is 11.2. The lowest BCUT2D eigenvalue weighted by atomic mass is 10.2. The van der Waals surface area contributed by atoms with Gasteiger partial charge >= 0.3 is 0 Å². The highest BCUT2D eigenvalue weighted by atomic mass is 32.2. The van der Waals surface area contributed by atoms with Crippen molar-refractivity contribution in [1.29, 1.82) is 0 Å². The van der Waals surface area contributed by atoms with Crippen LogP contribution < -0.4 is 10.6 Å². The van der Waals surface area contributed by atoms with E-state index in [1.54, 1.807) is 0 Å². The largest absolute Gasteiger partial charge is 0.312 e. The first-order chi connectivity index (χ1) is 8.36. The fourth-order valence-electron chi connectivity index (χ4n) is 2.46. The molecule has 106 valence electrons. The summed E-state index contributed by atoms with van der Waals surface area (Å²) in [4.78, 5) is 0. The van der Waals surface area contributed by atoms with Gasteiger partial charge in [0.1, 0.15) is 0 Å². The van der Waals surface area contributed by atoms with Gasteiger partial charge in [-0.2, -0.15) is 0 Å². The van der Waals surface area contributed by atoms with Crippen LogP contribution in [0.1, 0.15) is 12.8 Å². The number of hydrogen-bond acceptors (Lipinski definition) is 6. The Labute approximate surface area is 108 Å². The van der Waals surface area contributed by atoms with E-state index in [0.29, 0.717) is 25.9 Å². The predicted molar refractivity (Wildman–Crippen MR) is 70.1 cm³/mol. The van der Waals surface area contributed by atoms with Crippen LogP contribution >= 0.6 is 0 Å². The summed E-state index contributed by atoms with van der Waals surface area (Å²) >= 11 is 0. The first kappa shape index (κ1) is 14.2. The molecule has 2 fully saturated rings. The Kier molecular flexibility index (Phi) is 4.30. The van der Waals surface area contributed by atoms with Crippen molar-refractivity contribution < 1.29 is 16.8 Å². The standard InChI is InChI=1S/C10H20N2O4S2/c13-17(14)5-1-9(7-17)11-3-4-12-10-2-6-18(15,16)8-10/h9-12H,1-8H2. The Morgan fingerprint density at radius 2 is 1.17 bits per heavy atom. The van der Waals surface area contributed by atoms with Crippen LogP contribution in [0.3, 0.4) is 0 Å². The lowest BCUT2D eigenvalue weighted by Crippen LogP contribution is -2.39. The monoisotopic (exact) mass is 296 g/mol. The van der Waals surface area contributed by atoms with Crippen LogP contribution in [-0.2, 0) is 19.7 Å². The number of nitrogens with one attached hydrogen (secondary N) is 2. The van der Waals surface area contributed by atoms with E-state index in [2.05, 4.69) is 10.6 Å². The number of hydrogen-bond donors (Lipinski definition) is 2. The molecule has 0 radical (unpaired) electrons. The molecule has 0 aromatic heterocycles. The molecule has 8 heteroatoms. The molecule has 2 atom stereocenters. The van der Waals surface area contributed by atoms with E-state index >= 15 is 0 Å². The smallest absolute Gasteiger partial charge is 0.151 e. The summed E-state index contributed by atoms with van der Waals surface area (Å²) in [6, 6.07) is 0.119. The van der Waals surface area contributed by atoms with Crippen LogP contribution in [0.5, 0.6) is 0 Å². The molecule has 0 aliphatic carbocycles. The van der Waals surface area contributed by atoms with Gasteiger partial charge in [-0.25, -0.2) is 16.8 Å². The van der Waals surface area contributed by atoms with Crippen LogP contribution in [0, 0.1) is 0 Å². The lowest BCUT2D eigenvalue weighted by molar-refractivity contribution is 0.499. The second kappa shape index (κ2) is 5.44. The Morgan fingerprint density at radius 3 is 1.44 bits per heavy atom. The average molecular weight is 296 g/mol. The van der Waals surface area contributed by atoms with Crippen molar-refractivity contribution in [2.75, 3.05) is 36.1 Å². The third kappa shape index (κ3) is 4.18. The summed E-state index contributed by atoms with van der Waals surface area (Å²) in [7, 11) is -5.65. The van der Waals surface area contributed by atoms with E-state index in [1.807, 2.05) is 0 Å². The van der Waals surface area contributed by atoms with Crippen molar-refractivity contribution in [2.45, 2.75) is 24.9 Å². The maximum atomic E-state index is 11.2. The van der Waals surface area contributed by atoms with Crippen LogP contribution in [0.25, 0.3) is 0 Å². The third-order valence-electron chi connectivity index (χ3n) is 3.46. The molecule has 0 aromatic carbocycles. The highest BCUT2D eigenvalue weighted by Gasteiger charge is 2.28. The quantitative estimate of drug-likeness (QED) is 0.602. The molecule has 0 bridgehead atoms. The van der Waals surface area contributed by atoms with Crippen LogP contribution in [0.15, 0.2) is 0 Å². The van der Waals surface area contributed by atoms with Gasteiger partial charge in [0.05, 0.1) is 23.0 Å². The van der Waals surface area contributed by atoms with E-state index in [4.69, 9.17) is 0 Å². The lowest BCUT2D eigenvalue weighted by Gasteiger charge is -2.13. The maximum Gasteiger partial charge on any atom is 0.151 e. The van der Waals surface area contributed by atoms with Crippen molar-refractivity contribution in [2.24, 2.45) is 0 Å². The molecule has 2 N–H and O–H groups in total. The van der Waals surface area contributed by atoms with Crippen molar-refractivity contribution in [3.8, 4) is 0 Å². The number of sulfone groups is 2. The molecule has 2 unspecified atom stereocenters. The Morgan fingerprint density at radius 1 is 0.778 bits per heavy atom. The normalized spacial score (nSPS) is 33.8. The fourth-order valence-corrected chi connectivity index (χ4v) is 5.88. The van der Waals surface area contributed by atoms with Gasteiger partial charge in [0.2, 0.25) is 0 Å². The zero-order valence-corrected chi connectivity index (χ0v) is 11.9. The molecule has 2 rings (SSSR count). The third-order valence-corrected chi connectivity index (χ3v) is 6.99. The summed E-state index contributed by atoms with van der Waals surface area (Å²) in [5.74, 6) is 1.01. The van der Waals surface area contributed by atoms with Crippen molar-refractivity contribution in [3.63, 3.8) is 0 Å². The highest BCUT2D eigenvalue weighted by molar-refractivity contribution is 7.91. The van der Waals surface area contributed by atoms with Crippen molar-refractivity contribution in [1.82, 2.24) is 10.6 Å². The first-order valence-electron chi connectivity index (χ1n) is 6.24. The van der Waals surface area contributed by atoms with Gasteiger partial charge in [-0.05, 0) is 12.8 Å². The number of rotatable bonds is 5. The minimum Gasteiger partial charge on any atom is -0.312 e. The summed E-state index contributed by atoms with van der Waals surface area (Å²) in [6.45, 7) is 1.35. The van der Waals surface area contributed by atoms with Crippen LogP contribution in [0.2, 0.25) is 0 Å². The molecule has 6 nitrogen and oxygen atoms in total. The molecule has 0 aromatic rings. The van der Waals surface area contributed by atoms with Crippen LogP contribution in [0.4, 0.5) is 0 Å². The van der Waals surface area contributed by atoms with Crippen LogP contribution in [-0.4, -0.2) is 65.0 Å². The van der Waals surface area contributed by atoms with E-state index in [1.165, 1.54) is 0 Å². The van der Waals surface area contributed by atoms with Gasteiger partial charge in [0.15, 0.2) is 19.7 Å². The van der Waals surface area contributed by atoms with Gasteiger partial charge in [-0.3, -0.25) is 0 Å². The fraction of sp³-hybridized carbons (Fsp3) is 1.00. The van der Waals surface area contributed by atoms with Gasteiger partial charge in [-0.15, -0.1) is 0 Å². The second-order valence-electron chi connectivity index (χ2n) is 5.11. The predicted octanol–water partition coefficient (Wildman–Crippen LogP) is -1.46.